The molecule has 0 spiro atoms. The zero-order chi connectivity index (χ0) is 13.7. The summed E-state index contributed by atoms with van der Waals surface area (Å²) in [5.74, 6) is 0.0511. The smallest absolute Gasteiger partial charge is 0.322 e. The molecule has 1 atom stereocenters. The molecule has 0 radical (unpaired) electrons. The van der Waals surface area contributed by atoms with Gasteiger partial charge in [0.05, 0.1) is 14.2 Å². The van der Waals surface area contributed by atoms with Crippen molar-refractivity contribution in [1.82, 2.24) is 0 Å². The highest BCUT2D eigenvalue weighted by Crippen LogP contribution is 2.21. The summed E-state index contributed by atoms with van der Waals surface area (Å²) in [6.45, 7) is 1.48. The average Bonchev–Trinajstić information content (AvgIpc) is 2.37. The predicted molar refractivity (Wildman–Crippen MR) is 66.7 cm³/mol. The molecule has 5 heteroatoms. The molecule has 0 fully saturated rings. The van der Waals surface area contributed by atoms with Crippen LogP contribution in [0.1, 0.15) is 22.8 Å². The zero-order valence-corrected chi connectivity index (χ0v) is 10.7. The Bertz CT molecular complexity index is 456. The van der Waals surface area contributed by atoms with Crippen LogP contribution < -0.4 is 10.5 Å². The van der Waals surface area contributed by atoms with Gasteiger partial charge < -0.3 is 15.2 Å². The molecule has 0 aliphatic heterocycles. The van der Waals surface area contributed by atoms with E-state index in [1.54, 1.807) is 18.2 Å². The van der Waals surface area contributed by atoms with Crippen LogP contribution >= 0.6 is 0 Å². The Morgan fingerprint density at radius 2 is 2.00 bits per heavy atom. The van der Waals surface area contributed by atoms with E-state index < -0.39 is 12.0 Å². The summed E-state index contributed by atoms with van der Waals surface area (Å²) in [5.41, 5.74) is 6.96. The van der Waals surface area contributed by atoms with Crippen molar-refractivity contribution in [3.8, 4) is 5.75 Å². The molecule has 5 nitrogen and oxygen atoms in total. The Kier molecular flexibility index (Phi) is 4.85. The quantitative estimate of drug-likeness (QED) is 0.622. The maximum Gasteiger partial charge on any atom is 0.322 e. The van der Waals surface area contributed by atoms with Crippen molar-refractivity contribution >= 4 is 11.8 Å². The number of esters is 1. The molecule has 0 amide bonds. The molecule has 0 saturated carbocycles. The minimum Gasteiger partial charge on any atom is -0.496 e. The first-order valence-corrected chi connectivity index (χ1v) is 5.50. The van der Waals surface area contributed by atoms with E-state index in [9.17, 15) is 9.59 Å². The summed E-state index contributed by atoms with van der Waals surface area (Å²) in [4.78, 5) is 22.6. The van der Waals surface area contributed by atoms with E-state index in [1.165, 1.54) is 21.1 Å². The molecule has 1 aromatic rings. The summed E-state index contributed by atoms with van der Waals surface area (Å²) in [7, 11) is 2.81. The van der Waals surface area contributed by atoms with E-state index in [2.05, 4.69) is 4.74 Å². The van der Waals surface area contributed by atoms with Gasteiger partial charge in [0.2, 0.25) is 0 Å². The van der Waals surface area contributed by atoms with Crippen LogP contribution in [0.3, 0.4) is 0 Å². The number of nitrogens with two attached hydrogens (primary N) is 1. The first-order chi connectivity index (χ1) is 8.49. The van der Waals surface area contributed by atoms with Gasteiger partial charge in [-0.05, 0) is 30.7 Å². The van der Waals surface area contributed by atoms with Crippen molar-refractivity contribution in [2.75, 3.05) is 14.2 Å². The molecule has 0 aromatic heterocycles. The number of carbonyl (C=O) groups excluding carboxylic acids is 2. The number of hydrogen-bond donors (Lipinski definition) is 1. The summed E-state index contributed by atoms with van der Waals surface area (Å²) in [6, 6.07) is 4.28. The number of carbonyl (C=O) groups is 2. The van der Waals surface area contributed by atoms with Crippen molar-refractivity contribution < 1.29 is 19.1 Å². The lowest BCUT2D eigenvalue weighted by Crippen LogP contribution is -2.33. The van der Waals surface area contributed by atoms with Crippen LogP contribution in [0.4, 0.5) is 0 Å². The van der Waals surface area contributed by atoms with E-state index in [-0.39, 0.29) is 12.2 Å². The Morgan fingerprint density at radius 1 is 1.33 bits per heavy atom. The molecule has 0 saturated heterocycles. The van der Waals surface area contributed by atoms with Crippen molar-refractivity contribution in [2.45, 2.75) is 19.4 Å². The van der Waals surface area contributed by atoms with Crippen molar-refractivity contribution in [3.63, 3.8) is 0 Å². The van der Waals surface area contributed by atoms with E-state index in [1.807, 2.05) is 0 Å². The third-order valence-corrected chi connectivity index (χ3v) is 2.63. The molecule has 2 N–H and O–H groups in total. The minimum atomic E-state index is -0.772. The van der Waals surface area contributed by atoms with Crippen molar-refractivity contribution in [2.24, 2.45) is 5.73 Å². The largest absolute Gasteiger partial charge is 0.496 e. The van der Waals surface area contributed by atoms with E-state index in [0.717, 1.165) is 0 Å². The molecule has 1 rings (SSSR count). The molecular weight excluding hydrogens is 234 g/mol. The average molecular weight is 251 g/mol. The molecule has 1 aromatic carbocycles. The van der Waals surface area contributed by atoms with E-state index in [4.69, 9.17) is 10.5 Å². The Hall–Kier alpha value is -1.88. The fraction of sp³-hybridized carbons (Fsp3) is 0.385. The SMILES string of the molecule is COC(=O)C(N)Cc1cc(C(C)=O)ccc1OC. The molecule has 98 valence electrons. The highest BCUT2D eigenvalue weighted by molar-refractivity contribution is 5.94. The molecule has 0 aliphatic rings. The number of ketones is 1. The Labute approximate surface area is 106 Å². The molecule has 0 heterocycles. The molecule has 0 bridgehead atoms. The number of hydrogen-bond acceptors (Lipinski definition) is 5. The lowest BCUT2D eigenvalue weighted by Gasteiger charge is -2.13. The van der Waals surface area contributed by atoms with E-state index >= 15 is 0 Å². The van der Waals surface area contributed by atoms with Gasteiger partial charge in [-0.15, -0.1) is 0 Å². The molecule has 1 unspecified atom stereocenters. The van der Waals surface area contributed by atoms with Crippen molar-refractivity contribution in [3.05, 3.63) is 29.3 Å². The highest BCUT2D eigenvalue weighted by atomic mass is 16.5. The number of Topliss-reactive ketones (excluding diaryl/α,β-unsaturated/α-hetero) is 1. The van der Waals surface area contributed by atoms with Gasteiger partial charge in [-0.2, -0.15) is 0 Å². The van der Waals surface area contributed by atoms with Crippen molar-refractivity contribution in [1.29, 1.82) is 0 Å². The first-order valence-electron chi connectivity index (χ1n) is 5.50. The van der Waals surface area contributed by atoms with Gasteiger partial charge in [-0.25, -0.2) is 0 Å². The first kappa shape index (κ1) is 14.2. The number of ether oxygens (including phenoxy) is 2. The van der Waals surface area contributed by atoms with Gasteiger partial charge in [0, 0.05) is 12.0 Å². The second kappa shape index (κ2) is 6.16. The zero-order valence-electron chi connectivity index (χ0n) is 10.7. The van der Waals surface area contributed by atoms with Crippen LogP contribution in [-0.4, -0.2) is 32.0 Å². The topological polar surface area (TPSA) is 78.6 Å². The Balaban J connectivity index is 3.01. The normalized spacial score (nSPS) is 11.8. The van der Waals surface area contributed by atoms with Gasteiger partial charge in [0.25, 0.3) is 0 Å². The lowest BCUT2D eigenvalue weighted by molar-refractivity contribution is -0.142. The van der Waals surface area contributed by atoms with Crippen LogP contribution in [-0.2, 0) is 16.0 Å². The maximum atomic E-state index is 11.3. The number of methoxy groups -OCH3 is 2. The monoisotopic (exact) mass is 251 g/mol. The fourth-order valence-electron chi connectivity index (χ4n) is 1.63. The van der Waals surface area contributed by atoms with Gasteiger partial charge in [0.15, 0.2) is 5.78 Å². The third-order valence-electron chi connectivity index (χ3n) is 2.63. The Morgan fingerprint density at radius 3 is 2.50 bits per heavy atom. The summed E-state index contributed by atoms with van der Waals surface area (Å²) in [5, 5.41) is 0. The molecule has 0 aliphatic carbocycles. The third kappa shape index (κ3) is 3.30. The number of benzene rings is 1. The van der Waals surface area contributed by atoms with E-state index in [0.29, 0.717) is 16.9 Å². The summed E-state index contributed by atoms with van der Waals surface area (Å²) < 4.78 is 9.74. The molecule has 18 heavy (non-hydrogen) atoms. The highest BCUT2D eigenvalue weighted by Gasteiger charge is 2.17. The molecular formula is C13H17NO4. The van der Waals surface area contributed by atoms with Gasteiger partial charge in [-0.3, -0.25) is 9.59 Å². The van der Waals surface area contributed by atoms with Crippen LogP contribution in [0, 0.1) is 0 Å². The van der Waals surface area contributed by atoms with Crippen LogP contribution in [0.5, 0.6) is 5.75 Å². The number of rotatable bonds is 5. The lowest BCUT2D eigenvalue weighted by atomic mass is 10.0. The minimum absolute atomic E-state index is 0.0504. The van der Waals surface area contributed by atoms with Crippen LogP contribution in [0.2, 0.25) is 0 Å². The van der Waals surface area contributed by atoms with Gasteiger partial charge in [-0.1, -0.05) is 0 Å². The standard InChI is InChI=1S/C13H17NO4/c1-8(15)9-4-5-12(17-2)10(6-9)7-11(14)13(16)18-3/h4-6,11H,7,14H2,1-3H3. The van der Waals surface area contributed by atoms with Gasteiger partial charge >= 0.3 is 5.97 Å². The summed E-state index contributed by atoms with van der Waals surface area (Å²) >= 11 is 0. The van der Waals surface area contributed by atoms with Crippen LogP contribution in [0.15, 0.2) is 18.2 Å². The van der Waals surface area contributed by atoms with Crippen LogP contribution in [0.25, 0.3) is 0 Å². The second-order valence-electron chi connectivity index (χ2n) is 3.92. The summed E-state index contributed by atoms with van der Waals surface area (Å²) in [6.07, 6.45) is 0.261. The maximum absolute atomic E-state index is 11.3. The van der Waals surface area contributed by atoms with Gasteiger partial charge in [0.1, 0.15) is 11.8 Å². The predicted octanol–water partition coefficient (Wildman–Crippen LogP) is 0.941. The second-order valence-corrected chi connectivity index (χ2v) is 3.92. The fourth-order valence-corrected chi connectivity index (χ4v) is 1.63.